The molecule has 0 bridgehead atoms. The van der Waals surface area contributed by atoms with Crippen LogP contribution in [0.4, 0.5) is 0 Å². The molecule has 1 aliphatic heterocycles. The van der Waals surface area contributed by atoms with Gasteiger partial charge in [-0.15, -0.1) is 0 Å². The summed E-state index contributed by atoms with van der Waals surface area (Å²) in [6, 6.07) is 8.95. The molecule has 18 heavy (non-hydrogen) atoms. The van der Waals surface area contributed by atoms with E-state index in [1.165, 1.54) is 0 Å². The molecule has 1 unspecified atom stereocenters. The van der Waals surface area contributed by atoms with E-state index in [9.17, 15) is 4.79 Å². The fourth-order valence-corrected chi connectivity index (χ4v) is 1.54. The molecule has 1 heterocycles. The predicted molar refractivity (Wildman–Crippen MR) is 64.0 cm³/mol. The van der Waals surface area contributed by atoms with Crippen LogP contribution in [-0.4, -0.2) is 31.3 Å². The van der Waals surface area contributed by atoms with Crippen LogP contribution in [0.15, 0.2) is 24.3 Å². The Balaban J connectivity index is 1.95. The lowest BCUT2D eigenvalue weighted by molar-refractivity contribution is -0.131. The largest absolute Gasteiger partial charge is 0.480 e. The molecule has 1 aromatic rings. The molecule has 0 radical (unpaired) electrons. The van der Waals surface area contributed by atoms with Crippen LogP contribution < -0.4 is 10.1 Å². The highest BCUT2D eigenvalue weighted by atomic mass is 16.5. The lowest BCUT2D eigenvalue weighted by atomic mass is 10.2. The van der Waals surface area contributed by atoms with Crippen molar-refractivity contribution >= 4 is 5.91 Å². The van der Waals surface area contributed by atoms with E-state index in [0.29, 0.717) is 24.5 Å². The highest BCUT2D eigenvalue weighted by molar-refractivity contribution is 5.81. The first-order chi connectivity index (χ1) is 8.70. The van der Waals surface area contributed by atoms with Crippen molar-refractivity contribution in [3.05, 3.63) is 29.8 Å². The fourth-order valence-electron chi connectivity index (χ4n) is 1.54. The standard InChI is InChI=1S/C13H14N2O3/c1-9(13(16)15-11-7-17-8-11)18-12-5-3-2-4-10(12)6-14/h2-5,9,11H,7-8H2,1H3,(H,15,16). The number of carbonyl (C=O) groups excluding carboxylic acids is 1. The molecule has 5 heteroatoms. The number of nitriles is 1. The molecule has 1 fully saturated rings. The number of amides is 1. The number of rotatable bonds is 4. The maximum atomic E-state index is 11.8. The number of hydrogen-bond donors (Lipinski definition) is 1. The van der Waals surface area contributed by atoms with Gasteiger partial charge in [-0.05, 0) is 19.1 Å². The van der Waals surface area contributed by atoms with Crippen LogP contribution in [0.3, 0.4) is 0 Å². The van der Waals surface area contributed by atoms with Gasteiger partial charge in [0.2, 0.25) is 0 Å². The first-order valence-electron chi connectivity index (χ1n) is 5.74. The van der Waals surface area contributed by atoms with Gasteiger partial charge >= 0.3 is 0 Å². The van der Waals surface area contributed by atoms with E-state index in [1.54, 1.807) is 31.2 Å². The van der Waals surface area contributed by atoms with E-state index >= 15 is 0 Å². The quantitative estimate of drug-likeness (QED) is 0.854. The van der Waals surface area contributed by atoms with Gasteiger partial charge < -0.3 is 14.8 Å². The molecular weight excluding hydrogens is 232 g/mol. The van der Waals surface area contributed by atoms with E-state index in [-0.39, 0.29) is 11.9 Å². The maximum Gasteiger partial charge on any atom is 0.261 e. The van der Waals surface area contributed by atoms with Crippen molar-refractivity contribution in [1.82, 2.24) is 5.32 Å². The van der Waals surface area contributed by atoms with Crippen molar-refractivity contribution in [2.24, 2.45) is 0 Å². The lowest BCUT2D eigenvalue weighted by Crippen LogP contribution is -2.52. The molecule has 2 rings (SSSR count). The molecule has 1 N–H and O–H groups in total. The molecule has 1 saturated heterocycles. The Bertz CT molecular complexity index is 477. The number of hydrogen-bond acceptors (Lipinski definition) is 4. The van der Waals surface area contributed by atoms with Gasteiger partial charge in [0.25, 0.3) is 5.91 Å². The van der Waals surface area contributed by atoms with E-state index in [4.69, 9.17) is 14.7 Å². The van der Waals surface area contributed by atoms with Gasteiger partial charge in [-0.2, -0.15) is 5.26 Å². The Morgan fingerprint density at radius 2 is 2.28 bits per heavy atom. The number of nitrogens with one attached hydrogen (secondary N) is 1. The second-order valence-electron chi connectivity index (χ2n) is 4.11. The Morgan fingerprint density at radius 3 is 2.89 bits per heavy atom. The number of nitrogens with zero attached hydrogens (tertiary/aromatic N) is 1. The van der Waals surface area contributed by atoms with Gasteiger partial charge in [0.05, 0.1) is 24.8 Å². The molecule has 0 spiro atoms. The van der Waals surface area contributed by atoms with Gasteiger partial charge in [-0.1, -0.05) is 12.1 Å². The Kier molecular flexibility index (Phi) is 3.80. The first-order valence-corrected chi connectivity index (χ1v) is 5.74. The number of ether oxygens (including phenoxy) is 2. The van der Waals surface area contributed by atoms with Crippen molar-refractivity contribution < 1.29 is 14.3 Å². The van der Waals surface area contributed by atoms with Crippen LogP contribution in [-0.2, 0) is 9.53 Å². The van der Waals surface area contributed by atoms with Crippen LogP contribution in [0.2, 0.25) is 0 Å². The second-order valence-corrected chi connectivity index (χ2v) is 4.11. The van der Waals surface area contributed by atoms with Crippen molar-refractivity contribution in [2.75, 3.05) is 13.2 Å². The summed E-state index contributed by atoms with van der Waals surface area (Å²) in [4.78, 5) is 11.8. The average molecular weight is 246 g/mol. The molecule has 0 aliphatic carbocycles. The van der Waals surface area contributed by atoms with Gasteiger partial charge in [0.15, 0.2) is 6.10 Å². The summed E-state index contributed by atoms with van der Waals surface area (Å²) in [5, 5.41) is 11.7. The highest BCUT2D eigenvalue weighted by Crippen LogP contribution is 2.18. The lowest BCUT2D eigenvalue weighted by Gasteiger charge is -2.28. The second kappa shape index (κ2) is 5.52. The Labute approximate surface area is 105 Å². The van der Waals surface area contributed by atoms with Crippen molar-refractivity contribution in [2.45, 2.75) is 19.1 Å². The van der Waals surface area contributed by atoms with Gasteiger partial charge in [0, 0.05) is 0 Å². The van der Waals surface area contributed by atoms with E-state index in [2.05, 4.69) is 5.32 Å². The summed E-state index contributed by atoms with van der Waals surface area (Å²) < 4.78 is 10.5. The average Bonchev–Trinajstić information content (AvgIpc) is 2.34. The highest BCUT2D eigenvalue weighted by Gasteiger charge is 2.24. The molecule has 1 aliphatic rings. The molecule has 0 aromatic heterocycles. The zero-order chi connectivity index (χ0) is 13.0. The minimum absolute atomic E-state index is 0.0785. The maximum absolute atomic E-state index is 11.8. The minimum Gasteiger partial charge on any atom is -0.480 e. The fraction of sp³-hybridized carbons (Fsp3) is 0.385. The van der Waals surface area contributed by atoms with Gasteiger partial charge in [0.1, 0.15) is 11.8 Å². The molecule has 1 aromatic carbocycles. The third-order valence-corrected chi connectivity index (χ3v) is 2.66. The summed E-state index contributed by atoms with van der Waals surface area (Å²) >= 11 is 0. The van der Waals surface area contributed by atoms with E-state index < -0.39 is 6.10 Å². The van der Waals surface area contributed by atoms with Crippen LogP contribution in [0.5, 0.6) is 5.75 Å². The van der Waals surface area contributed by atoms with Crippen LogP contribution in [0, 0.1) is 11.3 Å². The third-order valence-electron chi connectivity index (χ3n) is 2.66. The van der Waals surface area contributed by atoms with E-state index in [0.717, 1.165) is 0 Å². The summed E-state index contributed by atoms with van der Waals surface area (Å²) in [5.41, 5.74) is 0.420. The predicted octanol–water partition coefficient (Wildman–Crippen LogP) is 0.841. The SMILES string of the molecule is CC(Oc1ccccc1C#N)C(=O)NC1COC1. The minimum atomic E-state index is -0.639. The van der Waals surface area contributed by atoms with Crippen LogP contribution >= 0.6 is 0 Å². The Hall–Kier alpha value is -2.06. The zero-order valence-electron chi connectivity index (χ0n) is 10.1. The van der Waals surface area contributed by atoms with Crippen molar-refractivity contribution in [3.63, 3.8) is 0 Å². The molecule has 94 valence electrons. The summed E-state index contributed by atoms with van der Waals surface area (Å²) in [6.45, 7) is 2.75. The monoisotopic (exact) mass is 246 g/mol. The summed E-state index contributed by atoms with van der Waals surface area (Å²) in [7, 11) is 0. The molecule has 0 saturated carbocycles. The smallest absolute Gasteiger partial charge is 0.261 e. The molecule has 1 atom stereocenters. The van der Waals surface area contributed by atoms with Crippen molar-refractivity contribution in [3.8, 4) is 11.8 Å². The zero-order valence-corrected chi connectivity index (χ0v) is 10.1. The number of benzene rings is 1. The van der Waals surface area contributed by atoms with Crippen LogP contribution in [0.1, 0.15) is 12.5 Å². The van der Waals surface area contributed by atoms with E-state index in [1.807, 2.05) is 6.07 Å². The summed E-state index contributed by atoms with van der Waals surface area (Å²) in [5.74, 6) is 0.226. The van der Waals surface area contributed by atoms with Gasteiger partial charge in [-0.3, -0.25) is 4.79 Å². The Morgan fingerprint density at radius 1 is 1.56 bits per heavy atom. The normalized spacial score (nSPS) is 16.2. The van der Waals surface area contributed by atoms with Crippen molar-refractivity contribution in [1.29, 1.82) is 5.26 Å². The number of para-hydroxylation sites is 1. The molecular formula is C13H14N2O3. The molecule has 5 nitrogen and oxygen atoms in total. The third kappa shape index (κ3) is 2.79. The topological polar surface area (TPSA) is 71.3 Å². The molecule has 1 amide bonds. The first kappa shape index (κ1) is 12.4. The number of carbonyl (C=O) groups is 1. The van der Waals surface area contributed by atoms with Gasteiger partial charge in [-0.25, -0.2) is 0 Å². The van der Waals surface area contributed by atoms with Crippen LogP contribution in [0.25, 0.3) is 0 Å². The summed E-state index contributed by atoms with van der Waals surface area (Å²) in [6.07, 6.45) is -0.639.